The van der Waals surface area contributed by atoms with Crippen LogP contribution in [-0.2, 0) is 4.79 Å². The van der Waals surface area contributed by atoms with Crippen LogP contribution in [0.25, 0.3) is 0 Å². The third-order valence-corrected chi connectivity index (χ3v) is 2.77. The van der Waals surface area contributed by atoms with Crippen molar-refractivity contribution in [2.24, 2.45) is 5.73 Å². The van der Waals surface area contributed by atoms with Crippen molar-refractivity contribution in [3.8, 4) is 0 Å². The normalized spacial score (nSPS) is 16.3. The summed E-state index contributed by atoms with van der Waals surface area (Å²) >= 11 is 0. The van der Waals surface area contributed by atoms with E-state index in [1.54, 1.807) is 13.1 Å². The summed E-state index contributed by atoms with van der Waals surface area (Å²) in [5.74, 6) is -0.0551. The van der Waals surface area contributed by atoms with Crippen LogP contribution in [0.1, 0.15) is 51.9 Å². The Morgan fingerprint density at radius 2 is 2.18 bits per heavy atom. The molecule has 1 aromatic rings. The van der Waals surface area contributed by atoms with Gasteiger partial charge in [0.15, 0.2) is 0 Å². The number of carbonyl (C=O) groups excluding carboxylic acids is 1. The molecule has 6 heteroatoms. The zero-order chi connectivity index (χ0) is 13.0. The summed E-state index contributed by atoms with van der Waals surface area (Å²) in [5, 5.41) is 10.8. The zero-order valence-electron chi connectivity index (χ0n) is 10.8. The molecule has 0 saturated heterocycles. The standard InChI is InChI=1S/C11H21N5O/c1-5-7(2)13-11(17)9(4)16-6-10(8(3)12)14-15-16/h6-9H,5,12H2,1-4H3,(H,13,17). The number of rotatable bonds is 5. The molecule has 96 valence electrons. The molecule has 3 N–H and O–H groups in total. The van der Waals surface area contributed by atoms with Crippen LogP contribution in [-0.4, -0.2) is 26.9 Å². The minimum Gasteiger partial charge on any atom is -0.352 e. The van der Waals surface area contributed by atoms with Crippen molar-refractivity contribution >= 4 is 5.91 Å². The van der Waals surface area contributed by atoms with Gasteiger partial charge in [-0.25, -0.2) is 4.68 Å². The van der Waals surface area contributed by atoms with Gasteiger partial charge in [0.25, 0.3) is 0 Å². The molecule has 0 aliphatic heterocycles. The highest BCUT2D eigenvalue weighted by Crippen LogP contribution is 2.09. The Morgan fingerprint density at radius 1 is 1.53 bits per heavy atom. The number of hydrogen-bond donors (Lipinski definition) is 2. The Labute approximate surface area is 102 Å². The van der Waals surface area contributed by atoms with Gasteiger partial charge in [0.1, 0.15) is 6.04 Å². The van der Waals surface area contributed by atoms with Gasteiger partial charge in [-0.2, -0.15) is 0 Å². The molecule has 0 bridgehead atoms. The van der Waals surface area contributed by atoms with Crippen LogP contribution in [0.15, 0.2) is 6.20 Å². The highest BCUT2D eigenvalue weighted by Gasteiger charge is 2.18. The highest BCUT2D eigenvalue weighted by molar-refractivity contribution is 5.79. The van der Waals surface area contributed by atoms with E-state index in [4.69, 9.17) is 5.73 Å². The van der Waals surface area contributed by atoms with Crippen LogP contribution in [0.4, 0.5) is 0 Å². The summed E-state index contributed by atoms with van der Waals surface area (Å²) in [7, 11) is 0. The van der Waals surface area contributed by atoms with Crippen molar-refractivity contribution in [2.45, 2.75) is 52.2 Å². The molecule has 1 rings (SSSR count). The van der Waals surface area contributed by atoms with E-state index in [0.29, 0.717) is 5.69 Å². The molecule has 6 nitrogen and oxygen atoms in total. The van der Waals surface area contributed by atoms with Crippen molar-refractivity contribution in [1.82, 2.24) is 20.3 Å². The van der Waals surface area contributed by atoms with E-state index in [1.165, 1.54) is 4.68 Å². The highest BCUT2D eigenvalue weighted by atomic mass is 16.2. The molecule has 1 aromatic heterocycles. The summed E-state index contributed by atoms with van der Waals surface area (Å²) in [6.07, 6.45) is 2.62. The van der Waals surface area contributed by atoms with E-state index in [-0.39, 0.29) is 24.0 Å². The molecule has 0 fully saturated rings. The molecule has 17 heavy (non-hydrogen) atoms. The van der Waals surface area contributed by atoms with Crippen molar-refractivity contribution in [3.05, 3.63) is 11.9 Å². The van der Waals surface area contributed by atoms with Crippen molar-refractivity contribution in [3.63, 3.8) is 0 Å². The van der Waals surface area contributed by atoms with Gasteiger partial charge in [0, 0.05) is 12.1 Å². The number of carbonyl (C=O) groups is 1. The van der Waals surface area contributed by atoms with Crippen LogP contribution in [0.2, 0.25) is 0 Å². The minimum absolute atomic E-state index is 0.0551. The first-order valence-corrected chi connectivity index (χ1v) is 5.93. The molecule has 0 saturated carbocycles. The fraction of sp³-hybridized carbons (Fsp3) is 0.727. The number of nitrogens with two attached hydrogens (primary N) is 1. The van der Waals surface area contributed by atoms with Gasteiger partial charge in [-0.3, -0.25) is 4.79 Å². The Kier molecular flexibility index (Phi) is 4.62. The first-order chi connectivity index (χ1) is 7.95. The number of hydrogen-bond acceptors (Lipinski definition) is 4. The van der Waals surface area contributed by atoms with Crippen molar-refractivity contribution < 1.29 is 4.79 Å². The average Bonchev–Trinajstić information content (AvgIpc) is 2.77. The van der Waals surface area contributed by atoms with Gasteiger partial charge in [0.05, 0.1) is 11.9 Å². The Hall–Kier alpha value is -1.43. The molecule has 0 spiro atoms. The molecule has 1 heterocycles. The van der Waals surface area contributed by atoms with Gasteiger partial charge in [-0.1, -0.05) is 12.1 Å². The monoisotopic (exact) mass is 239 g/mol. The molecule has 3 atom stereocenters. The number of nitrogens with zero attached hydrogens (tertiary/aromatic N) is 3. The summed E-state index contributed by atoms with van der Waals surface area (Å²) in [4.78, 5) is 11.9. The largest absolute Gasteiger partial charge is 0.352 e. The van der Waals surface area contributed by atoms with E-state index in [1.807, 2.05) is 20.8 Å². The summed E-state index contributed by atoms with van der Waals surface area (Å²) in [6.45, 7) is 7.62. The third kappa shape index (κ3) is 3.52. The lowest BCUT2D eigenvalue weighted by Gasteiger charge is -2.15. The van der Waals surface area contributed by atoms with Crippen LogP contribution in [0, 0.1) is 0 Å². The van der Waals surface area contributed by atoms with Gasteiger partial charge < -0.3 is 11.1 Å². The Balaban J connectivity index is 2.68. The molecule has 0 aromatic carbocycles. The lowest BCUT2D eigenvalue weighted by Crippen LogP contribution is -2.37. The molecule has 0 aliphatic carbocycles. The summed E-state index contributed by atoms with van der Waals surface area (Å²) < 4.78 is 1.54. The lowest BCUT2D eigenvalue weighted by atomic mass is 10.2. The van der Waals surface area contributed by atoms with E-state index in [9.17, 15) is 4.79 Å². The minimum atomic E-state index is -0.371. The van der Waals surface area contributed by atoms with Gasteiger partial charge >= 0.3 is 0 Å². The number of amides is 1. The first-order valence-electron chi connectivity index (χ1n) is 5.93. The van der Waals surface area contributed by atoms with E-state index in [0.717, 1.165) is 6.42 Å². The van der Waals surface area contributed by atoms with Crippen LogP contribution in [0.3, 0.4) is 0 Å². The van der Waals surface area contributed by atoms with Gasteiger partial charge in [-0.15, -0.1) is 5.10 Å². The topological polar surface area (TPSA) is 85.8 Å². The molecular formula is C11H21N5O. The van der Waals surface area contributed by atoms with E-state index < -0.39 is 0 Å². The second kappa shape index (κ2) is 5.77. The molecule has 0 radical (unpaired) electrons. The maximum atomic E-state index is 11.9. The maximum Gasteiger partial charge on any atom is 0.244 e. The van der Waals surface area contributed by atoms with E-state index >= 15 is 0 Å². The second-order valence-corrected chi connectivity index (χ2v) is 4.41. The predicted molar refractivity (Wildman–Crippen MR) is 65.2 cm³/mol. The fourth-order valence-electron chi connectivity index (χ4n) is 1.27. The third-order valence-electron chi connectivity index (χ3n) is 2.77. The Bertz CT molecular complexity index is 374. The zero-order valence-corrected chi connectivity index (χ0v) is 10.8. The van der Waals surface area contributed by atoms with Gasteiger partial charge in [-0.05, 0) is 27.2 Å². The number of aromatic nitrogens is 3. The number of nitrogens with one attached hydrogen (secondary N) is 1. The fourth-order valence-corrected chi connectivity index (χ4v) is 1.27. The quantitative estimate of drug-likeness (QED) is 0.794. The van der Waals surface area contributed by atoms with E-state index in [2.05, 4.69) is 15.6 Å². The SMILES string of the molecule is CCC(C)NC(=O)C(C)n1cc(C(C)N)nn1. The van der Waals surface area contributed by atoms with Crippen LogP contribution in [0.5, 0.6) is 0 Å². The van der Waals surface area contributed by atoms with Crippen LogP contribution >= 0.6 is 0 Å². The summed E-state index contributed by atoms with van der Waals surface area (Å²) in [5.41, 5.74) is 6.38. The van der Waals surface area contributed by atoms with Crippen molar-refractivity contribution in [2.75, 3.05) is 0 Å². The molecule has 1 amide bonds. The van der Waals surface area contributed by atoms with Crippen molar-refractivity contribution in [1.29, 1.82) is 0 Å². The molecule has 0 aliphatic rings. The smallest absolute Gasteiger partial charge is 0.244 e. The predicted octanol–water partition coefficient (Wildman–Crippen LogP) is 0.773. The molecule has 3 unspecified atom stereocenters. The lowest BCUT2D eigenvalue weighted by molar-refractivity contribution is -0.124. The Morgan fingerprint density at radius 3 is 2.65 bits per heavy atom. The average molecular weight is 239 g/mol. The first kappa shape index (κ1) is 13.6. The molecular weight excluding hydrogens is 218 g/mol. The second-order valence-electron chi connectivity index (χ2n) is 4.41. The maximum absolute atomic E-state index is 11.9. The van der Waals surface area contributed by atoms with Gasteiger partial charge in [0.2, 0.25) is 5.91 Å². The summed E-state index contributed by atoms with van der Waals surface area (Å²) in [6, 6.07) is -0.376. The van der Waals surface area contributed by atoms with Crippen LogP contribution < -0.4 is 11.1 Å².